The summed E-state index contributed by atoms with van der Waals surface area (Å²) in [5.74, 6) is 0.645. The molecule has 96 valence electrons. The second-order valence-electron chi connectivity index (χ2n) is 6.37. The Balaban J connectivity index is 1.39. The van der Waals surface area contributed by atoms with Crippen LogP contribution in [0.1, 0.15) is 19.3 Å². The van der Waals surface area contributed by atoms with Crippen molar-refractivity contribution in [1.82, 2.24) is 4.90 Å². The van der Waals surface area contributed by atoms with Crippen LogP contribution in [0.5, 0.6) is 0 Å². The highest BCUT2D eigenvalue weighted by Gasteiger charge is 2.58. The maximum atomic E-state index is 6.29. The molecule has 4 aliphatic rings. The SMILES string of the molecule is NC1C2CCOC2C1N1CC2(CCOCC2)C1. The normalized spacial score (nSPS) is 48.5. The summed E-state index contributed by atoms with van der Waals surface area (Å²) >= 11 is 0. The molecule has 3 aliphatic heterocycles. The summed E-state index contributed by atoms with van der Waals surface area (Å²) in [4.78, 5) is 2.57. The highest BCUT2D eigenvalue weighted by molar-refractivity contribution is 5.13. The third-order valence-corrected chi connectivity index (χ3v) is 5.46. The van der Waals surface area contributed by atoms with Crippen molar-refractivity contribution in [3.8, 4) is 0 Å². The van der Waals surface area contributed by atoms with E-state index in [0.29, 0.717) is 29.5 Å². The molecule has 0 radical (unpaired) electrons. The fraction of sp³-hybridized carbons (Fsp3) is 1.00. The molecular formula is C13H22N2O2. The van der Waals surface area contributed by atoms with Crippen LogP contribution in [0.2, 0.25) is 0 Å². The van der Waals surface area contributed by atoms with Crippen molar-refractivity contribution in [2.45, 2.75) is 37.5 Å². The Morgan fingerprint density at radius 1 is 1.12 bits per heavy atom. The average Bonchev–Trinajstić information content (AvgIpc) is 2.72. The van der Waals surface area contributed by atoms with Crippen LogP contribution in [0.3, 0.4) is 0 Å². The van der Waals surface area contributed by atoms with Gasteiger partial charge in [-0.3, -0.25) is 4.90 Å². The largest absolute Gasteiger partial charge is 0.381 e. The zero-order chi connectivity index (χ0) is 11.5. The van der Waals surface area contributed by atoms with Crippen molar-refractivity contribution in [1.29, 1.82) is 0 Å². The number of likely N-dealkylation sites (tertiary alicyclic amines) is 1. The molecule has 17 heavy (non-hydrogen) atoms. The molecule has 1 spiro atoms. The van der Waals surface area contributed by atoms with E-state index < -0.39 is 0 Å². The molecule has 0 bridgehead atoms. The highest BCUT2D eigenvalue weighted by Crippen LogP contribution is 2.47. The molecule has 3 heterocycles. The average molecular weight is 238 g/mol. The quantitative estimate of drug-likeness (QED) is 0.709. The minimum atomic E-state index is 0.361. The fourth-order valence-electron chi connectivity index (χ4n) is 4.32. The van der Waals surface area contributed by atoms with Crippen LogP contribution in [0.25, 0.3) is 0 Å². The minimum absolute atomic E-state index is 0.361. The molecule has 1 aliphatic carbocycles. The fourth-order valence-corrected chi connectivity index (χ4v) is 4.32. The van der Waals surface area contributed by atoms with Crippen molar-refractivity contribution in [3.05, 3.63) is 0 Å². The van der Waals surface area contributed by atoms with Gasteiger partial charge in [-0.05, 0) is 19.3 Å². The van der Waals surface area contributed by atoms with Crippen LogP contribution < -0.4 is 5.73 Å². The van der Waals surface area contributed by atoms with Crippen molar-refractivity contribution >= 4 is 0 Å². The van der Waals surface area contributed by atoms with Gasteiger partial charge in [0.1, 0.15) is 0 Å². The second-order valence-corrected chi connectivity index (χ2v) is 6.37. The predicted molar refractivity (Wildman–Crippen MR) is 63.7 cm³/mol. The Kier molecular flexibility index (Phi) is 2.32. The van der Waals surface area contributed by atoms with Crippen LogP contribution in [0.15, 0.2) is 0 Å². The number of hydrogen-bond acceptors (Lipinski definition) is 4. The molecule has 0 aromatic carbocycles. The van der Waals surface area contributed by atoms with Crippen molar-refractivity contribution in [3.63, 3.8) is 0 Å². The summed E-state index contributed by atoms with van der Waals surface area (Å²) in [7, 11) is 0. The van der Waals surface area contributed by atoms with E-state index in [4.69, 9.17) is 15.2 Å². The summed E-state index contributed by atoms with van der Waals surface area (Å²) in [5.41, 5.74) is 6.85. The number of fused-ring (bicyclic) bond motifs is 1. The Hall–Kier alpha value is -0.160. The number of nitrogens with two attached hydrogens (primary N) is 1. The lowest BCUT2D eigenvalue weighted by atomic mass is 9.66. The van der Waals surface area contributed by atoms with E-state index in [1.165, 1.54) is 32.4 Å². The first-order valence-electron chi connectivity index (χ1n) is 6.98. The van der Waals surface area contributed by atoms with E-state index in [2.05, 4.69) is 4.90 Å². The zero-order valence-corrected chi connectivity index (χ0v) is 10.3. The Labute approximate surface area is 102 Å². The monoisotopic (exact) mass is 238 g/mol. The van der Waals surface area contributed by atoms with Gasteiger partial charge in [-0.25, -0.2) is 0 Å². The number of nitrogens with zero attached hydrogens (tertiary/aromatic N) is 1. The smallest absolute Gasteiger partial charge is 0.0789 e. The zero-order valence-electron chi connectivity index (χ0n) is 10.3. The second kappa shape index (κ2) is 3.67. The van der Waals surface area contributed by atoms with Gasteiger partial charge in [0.05, 0.1) is 12.1 Å². The Morgan fingerprint density at radius 2 is 1.88 bits per heavy atom. The van der Waals surface area contributed by atoms with Gasteiger partial charge < -0.3 is 15.2 Å². The van der Waals surface area contributed by atoms with Gasteiger partial charge >= 0.3 is 0 Å². The van der Waals surface area contributed by atoms with E-state index in [1.54, 1.807) is 0 Å². The first-order valence-corrected chi connectivity index (χ1v) is 6.98. The lowest BCUT2D eigenvalue weighted by Crippen LogP contribution is -2.75. The van der Waals surface area contributed by atoms with Crippen LogP contribution in [-0.4, -0.2) is 56.0 Å². The molecule has 4 rings (SSSR count). The Bertz CT molecular complexity index is 309. The molecule has 2 N–H and O–H groups in total. The third-order valence-electron chi connectivity index (χ3n) is 5.46. The standard InChI is InChI=1S/C13H22N2O2/c14-10-9-1-4-17-12(9)11(10)15-7-13(8-15)2-5-16-6-3-13/h9-12H,1-8,14H2. The molecule has 0 aromatic heterocycles. The maximum absolute atomic E-state index is 6.29. The van der Waals surface area contributed by atoms with E-state index in [9.17, 15) is 0 Å². The van der Waals surface area contributed by atoms with Gasteiger partial charge in [0.15, 0.2) is 0 Å². The summed E-state index contributed by atoms with van der Waals surface area (Å²) in [6.07, 6.45) is 4.10. The number of hydrogen-bond donors (Lipinski definition) is 1. The van der Waals surface area contributed by atoms with E-state index >= 15 is 0 Å². The van der Waals surface area contributed by atoms with Crippen LogP contribution in [0.4, 0.5) is 0 Å². The highest BCUT2D eigenvalue weighted by atomic mass is 16.5. The lowest BCUT2D eigenvalue weighted by Gasteiger charge is -2.61. The molecule has 0 aromatic rings. The molecule has 3 saturated heterocycles. The summed E-state index contributed by atoms with van der Waals surface area (Å²) in [5, 5.41) is 0. The molecule has 0 amide bonds. The number of rotatable bonds is 1. The molecule has 4 nitrogen and oxygen atoms in total. The molecular weight excluding hydrogens is 216 g/mol. The van der Waals surface area contributed by atoms with Crippen molar-refractivity contribution in [2.24, 2.45) is 17.1 Å². The molecule has 1 saturated carbocycles. The van der Waals surface area contributed by atoms with Gasteiger partial charge in [0, 0.05) is 50.3 Å². The van der Waals surface area contributed by atoms with Crippen LogP contribution in [0, 0.1) is 11.3 Å². The molecule has 4 atom stereocenters. The van der Waals surface area contributed by atoms with Crippen LogP contribution in [-0.2, 0) is 9.47 Å². The third kappa shape index (κ3) is 1.44. The molecule has 4 heteroatoms. The maximum Gasteiger partial charge on any atom is 0.0789 e. The summed E-state index contributed by atoms with van der Waals surface area (Å²) in [6.45, 7) is 5.27. The number of ether oxygens (including phenoxy) is 2. The van der Waals surface area contributed by atoms with Gasteiger partial charge in [-0.15, -0.1) is 0 Å². The lowest BCUT2D eigenvalue weighted by molar-refractivity contribution is -0.158. The first-order chi connectivity index (χ1) is 8.29. The summed E-state index contributed by atoms with van der Waals surface area (Å²) < 4.78 is 11.3. The minimum Gasteiger partial charge on any atom is -0.381 e. The summed E-state index contributed by atoms with van der Waals surface area (Å²) in [6, 6.07) is 0.871. The van der Waals surface area contributed by atoms with Crippen molar-refractivity contribution in [2.75, 3.05) is 32.9 Å². The topological polar surface area (TPSA) is 47.7 Å². The van der Waals surface area contributed by atoms with Gasteiger partial charge in [0.2, 0.25) is 0 Å². The van der Waals surface area contributed by atoms with Gasteiger partial charge in [0.25, 0.3) is 0 Å². The Morgan fingerprint density at radius 3 is 2.65 bits per heavy atom. The van der Waals surface area contributed by atoms with Crippen LogP contribution >= 0.6 is 0 Å². The predicted octanol–water partition coefficient (Wildman–Crippen LogP) is 0.213. The molecule has 4 unspecified atom stereocenters. The van der Waals surface area contributed by atoms with Crippen molar-refractivity contribution < 1.29 is 9.47 Å². The van der Waals surface area contributed by atoms with Gasteiger partial charge in [-0.2, -0.15) is 0 Å². The first kappa shape index (κ1) is 10.7. The van der Waals surface area contributed by atoms with E-state index in [-0.39, 0.29) is 0 Å². The van der Waals surface area contributed by atoms with E-state index in [0.717, 1.165) is 19.8 Å². The van der Waals surface area contributed by atoms with E-state index in [1.807, 2.05) is 0 Å². The van der Waals surface area contributed by atoms with Gasteiger partial charge in [-0.1, -0.05) is 0 Å². The molecule has 4 fully saturated rings.